The zero-order valence-electron chi connectivity index (χ0n) is 23.0. The summed E-state index contributed by atoms with van der Waals surface area (Å²) in [6.07, 6.45) is 0. The van der Waals surface area contributed by atoms with Crippen molar-refractivity contribution in [1.29, 1.82) is 0 Å². The van der Waals surface area contributed by atoms with Crippen LogP contribution in [0.5, 0.6) is 0 Å². The molecule has 1 heteroatoms. The fourth-order valence-electron chi connectivity index (χ4n) is 6.43. The molecule has 0 saturated heterocycles. The average molecular weight is 472 g/mol. The number of benzene rings is 4. The van der Waals surface area contributed by atoms with E-state index in [9.17, 15) is 0 Å². The first-order chi connectivity index (χ1) is 16.9. The molecule has 0 unspecified atom stereocenters. The average Bonchev–Trinajstić information content (AvgIpc) is 3.04. The SMILES string of the molecule is Cc1ccc2c(c1)C(C)(C)c1cc3c(cc1-2)C(C)(C)c1ccccc1N3c1ccc(C(C)(C)C)cc1. The Balaban J connectivity index is 1.63. The third-order valence-corrected chi connectivity index (χ3v) is 8.67. The molecule has 36 heavy (non-hydrogen) atoms. The van der Waals surface area contributed by atoms with Crippen LogP contribution < -0.4 is 4.90 Å². The van der Waals surface area contributed by atoms with Crippen LogP contribution in [0.2, 0.25) is 0 Å². The van der Waals surface area contributed by atoms with Gasteiger partial charge in [0.05, 0.1) is 11.4 Å². The largest absolute Gasteiger partial charge is 0.310 e. The lowest BCUT2D eigenvalue weighted by atomic mass is 9.71. The van der Waals surface area contributed by atoms with Gasteiger partial charge in [-0.15, -0.1) is 0 Å². The molecule has 0 fully saturated rings. The van der Waals surface area contributed by atoms with E-state index in [1.54, 1.807) is 0 Å². The summed E-state index contributed by atoms with van der Waals surface area (Å²) in [4.78, 5) is 2.49. The van der Waals surface area contributed by atoms with Crippen molar-refractivity contribution in [3.8, 4) is 11.1 Å². The molecule has 0 aromatic heterocycles. The van der Waals surface area contributed by atoms with Crippen LogP contribution in [0.1, 0.15) is 81.8 Å². The maximum Gasteiger partial charge on any atom is 0.0506 e. The fourth-order valence-corrected chi connectivity index (χ4v) is 6.43. The van der Waals surface area contributed by atoms with Crippen molar-refractivity contribution in [2.75, 3.05) is 4.90 Å². The van der Waals surface area contributed by atoms with E-state index in [0.29, 0.717) is 0 Å². The highest BCUT2D eigenvalue weighted by Gasteiger charge is 2.42. The van der Waals surface area contributed by atoms with Gasteiger partial charge in [0.2, 0.25) is 0 Å². The van der Waals surface area contributed by atoms with Crippen molar-refractivity contribution in [1.82, 2.24) is 0 Å². The van der Waals surface area contributed by atoms with E-state index in [-0.39, 0.29) is 16.2 Å². The lowest BCUT2D eigenvalue weighted by Gasteiger charge is -2.43. The van der Waals surface area contributed by atoms with Crippen molar-refractivity contribution < 1.29 is 0 Å². The molecular weight excluding hydrogens is 434 g/mol. The van der Waals surface area contributed by atoms with Crippen LogP contribution in [0.25, 0.3) is 11.1 Å². The van der Waals surface area contributed by atoms with E-state index in [1.165, 1.54) is 61.6 Å². The topological polar surface area (TPSA) is 3.24 Å². The highest BCUT2D eigenvalue weighted by Crippen LogP contribution is 2.57. The first-order valence-electron chi connectivity index (χ1n) is 13.2. The quantitative estimate of drug-likeness (QED) is 0.267. The second-order valence-electron chi connectivity index (χ2n) is 12.9. The molecule has 1 heterocycles. The molecule has 1 nitrogen and oxygen atoms in total. The Morgan fingerprint density at radius 3 is 1.92 bits per heavy atom. The van der Waals surface area contributed by atoms with Crippen LogP contribution in [0.15, 0.2) is 78.9 Å². The third-order valence-electron chi connectivity index (χ3n) is 8.67. The molecule has 0 atom stereocenters. The number of anilines is 3. The number of hydrogen-bond acceptors (Lipinski definition) is 1. The lowest BCUT2D eigenvalue weighted by Crippen LogP contribution is -2.31. The van der Waals surface area contributed by atoms with E-state index in [1.807, 2.05) is 0 Å². The van der Waals surface area contributed by atoms with Crippen LogP contribution in [-0.4, -0.2) is 0 Å². The summed E-state index contributed by atoms with van der Waals surface area (Å²) in [5.74, 6) is 0. The predicted molar refractivity (Wildman–Crippen MR) is 154 cm³/mol. The predicted octanol–water partition coefficient (Wildman–Crippen LogP) is 9.71. The molecule has 0 N–H and O–H groups in total. The van der Waals surface area contributed by atoms with Crippen LogP contribution >= 0.6 is 0 Å². The van der Waals surface area contributed by atoms with Crippen LogP contribution in [0, 0.1) is 6.92 Å². The Morgan fingerprint density at radius 1 is 0.583 bits per heavy atom. The molecule has 0 spiro atoms. The summed E-state index contributed by atoms with van der Waals surface area (Å²) in [6.45, 7) is 18.6. The van der Waals surface area contributed by atoms with Gasteiger partial charge in [0.1, 0.15) is 0 Å². The number of fused-ring (bicyclic) bond motifs is 5. The van der Waals surface area contributed by atoms with Gasteiger partial charge >= 0.3 is 0 Å². The number of nitrogens with zero attached hydrogens (tertiary/aromatic N) is 1. The zero-order valence-corrected chi connectivity index (χ0v) is 23.0. The normalized spacial score (nSPS) is 16.7. The van der Waals surface area contributed by atoms with E-state index in [4.69, 9.17) is 0 Å². The van der Waals surface area contributed by atoms with Crippen molar-refractivity contribution in [2.24, 2.45) is 0 Å². The molecule has 0 radical (unpaired) electrons. The fraction of sp³-hybridized carbons (Fsp3) is 0.314. The Morgan fingerprint density at radius 2 is 1.22 bits per heavy atom. The molecular formula is C35H37N. The van der Waals surface area contributed by atoms with Crippen LogP contribution in [0.3, 0.4) is 0 Å². The van der Waals surface area contributed by atoms with E-state index >= 15 is 0 Å². The lowest BCUT2D eigenvalue weighted by molar-refractivity contribution is 0.590. The molecule has 0 amide bonds. The molecule has 1 aliphatic heterocycles. The van der Waals surface area contributed by atoms with E-state index < -0.39 is 0 Å². The molecule has 2 aliphatic rings. The van der Waals surface area contributed by atoms with Crippen molar-refractivity contribution in [3.05, 3.63) is 112 Å². The van der Waals surface area contributed by atoms with Crippen molar-refractivity contribution in [3.63, 3.8) is 0 Å². The van der Waals surface area contributed by atoms with Gasteiger partial charge in [0, 0.05) is 16.5 Å². The molecule has 1 aliphatic carbocycles. The van der Waals surface area contributed by atoms with Gasteiger partial charge in [0.15, 0.2) is 0 Å². The van der Waals surface area contributed by atoms with Crippen molar-refractivity contribution >= 4 is 17.1 Å². The Kier molecular flexibility index (Phi) is 4.72. The van der Waals surface area contributed by atoms with Gasteiger partial charge in [-0.05, 0) is 81.6 Å². The van der Waals surface area contributed by atoms with E-state index in [0.717, 1.165) is 0 Å². The summed E-state index contributed by atoms with van der Waals surface area (Å²) >= 11 is 0. The minimum Gasteiger partial charge on any atom is -0.310 e. The summed E-state index contributed by atoms with van der Waals surface area (Å²) in [6, 6.07) is 30.1. The van der Waals surface area contributed by atoms with Gasteiger partial charge < -0.3 is 4.90 Å². The zero-order chi connectivity index (χ0) is 25.6. The van der Waals surface area contributed by atoms with Crippen LogP contribution in [-0.2, 0) is 16.2 Å². The second kappa shape index (κ2) is 7.35. The minimum atomic E-state index is -0.0968. The summed E-state index contributed by atoms with van der Waals surface area (Å²) in [5.41, 5.74) is 14.9. The molecule has 4 aromatic rings. The highest BCUT2D eigenvalue weighted by atomic mass is 15.2. The number of hydrogen-bond donors (Lipinski definition) is 0. The van der Waals surface area contributed by atoms with Crippen LogP contribution in [0.4, 0.5) is 17.1 Å². The minimum absolute atomic E-state index is 0.0331. The number of para-hydroxylation sites is 1. The molecule has 6 rings (SSSR count). The molecule has 4 aromatic carbocycles. The number of rotatable bonds is 1. The second-order valence-corrected chi connectivity index (χ2v) is 12.9. The smallest absolute Gasteiger partial charge is 0.0506 e. The van der Waals surface area contributed by atoms with E-state index in [2.05, 4.69) is 139 Å². The van der Waals surface area contributed by atoms with Gasteiger partial charge in [-0.25, -0.2) is 0 Å². The highest BCUT2D eigenvalue weighted by molar-refractivity contribution is 5.91. The first kappa shape index (κ1) is 23.1. The third kappa shape index (κ3) is 3.15. The number of aryl methyl sites for hydroxylation is 1. The Hall–Kier alpha value is -3.32. The monoisotopic (exact) mass is 471 g/mol. The standard InChI is InChI=1S/C35H37N/c1-22-13-18-25-26-20-30-32(21-29(26)35(7,8)28(25)19-22)36(24-16-14-23(15-17-24)33(2,3)4)31-12-10-9-11-27(31)34(30,5)6/h9-21H,1-8H3. The van der Waals surface area contributed by atoms with Gasteiger partial charge in [-0.1, -0.05) is 103 Å². The molecule has 0 bridgehead atoms. The van der Waals surface area contributed by atoms with Gasteiger partial charge in [-0.3, -0.25) is 0 Å². The van der Waals surface area contributed by atoms with Crippen molar-refractivity contribution in [2.45, 2.75) is 71.6 Å². The summed E-state index contributed by atoms with van der Waals surface area (Å²) in [5, 5.41) is 0. The Bertz CT molecular complexity index is 1510. The maximum absolute atomic E-state index is 2.50. The summed E-state index contributed by atoms with van der Waals surface area (Å²) < 4.78 is 0. The summed E-state index contributed by atoms with van der Waals surface area (Å²) in [7, 11) is 0. The molecule has 0 saturated carbocycles. The van der Waals surface area contributed by atoms with Gasteiger partial charge in [-0.2, -0.15) is 0 Å². The maximum atomic E-state index is 2.50. The first-order valence-corrected chi connectivity index (χ1v) is 13.2. The molecule has 182 valence electrons. The van der Waals surface area contributed by atoms with Gasteiger partial charge in [0.25, 0.3) is 0 Å². The Labute approximate surface area is 216 Å².